The molecule has 0 saturated heterocycles. The van der Waals surface area contributed by atoms with E-state index in [4.69, 9.17) is 0 Å². The van der Waals surface area contributed by atoms with E-state index in [0.717, 1.165) is 12.8 Å². The molecule has 0 unspecified atom stereocenters. The summed E-state index contributed by atoms with van der Waals surface area (Å²) in [5, 5.41) is 6.56. The van der Waals surface area contributed by atoms with Crippen LogP contribution in [-0.2, 0) is 4.79 Å². The second-order valence-corrected chi connectivity index (χ2v) is 6.43. The molecule has 0 aromatic heterocycles. The van der Waals surface area contributed by atoms with Gasteiger partial charge in [-0.15, -0.1) is 0 Å². The zero-order valence-electron chi connectivity index (χ0n) is 13.8. The first-order valence-electron chi connectivity index (χ1n) is 8.31. The molecule has 23 heavy (non-hydrogen) atoms. The maximum Gasteiger partial charge on any atom is 0.237 e. The second kappa shape index (κ2) is 6.97. The molecule has 3 heteroatoms. The first kappa shape index (κ1) is 15.8. The average molecular weight is 308 g/mol. The van der Waals surface area contributed by atoms with Crippen LogP contribution in [0.1, 0.15) is 42.5 Å². The molecule has 0 heterocycles. The third-order valence-electron chi connectivity index (χ3n) is 4.28. The molecule has 2 aromatic carbocycles. The number of carbonyl (C=O) groups excluding carboxylic acids is 1. The lowest BCUT2D eigenvalue weighted by molar-refractivity contribution is -0.123. The molecule has 2 N–H and O–H groups in total. The summed E-state index contributed by atoms with van der Waals surface area (Å²) >= 11 is 0. The Morgan fingerprint density at radius 1 is 1.00 bits per heavy atom. The van der Waals surface area contributed by atoms with Gasteiger partial charge in [0.25, 0.3) is 0 Å². The SMILES string of the molecule is Cc1ccc([C@H](N[C@@H](C)C(=O)NC2CC2)c2ccccc2)cc1. The van der Waals surface area contributed by atoms with Crippen LogP contribution in [0, 0.1) is 6.92 Å². The van der Waals surface area contributed by atoms with Crippen molar-refractivity contribution in [1.82, 2.24) is 10.6 Å². The first-order chi connectivity index (χ1) is 11.1. The maximum absolute atomic E-state index is 12.3. The van der Waals surface area contributed by atoms with Gasteiger partial charge in [0, 0.05) is 6.04 Å². The predicted molar refractivity (Wildman–Crippen MR) is 93.2 cm³/mol. The molecule has 2 aromatic rings. The Balaban J connectivity index is 1.80. The summed E-state index contributed by atoms with van der Waals surface area (Å²) in [5.74, 6) is 0.0838. The van der Waals surface area contributed by atoms with Gasteiger partial charge in [-0.2, -0.15) is 0 Å². The zero-order valence-corrected chi connectivity index (χ0v) is 13.8. The van der Waals surface area contributed by atoms with Crippen molar-refractivity contribution in [3.05, 3.63) is 71.3 Å². The van der Waals surface area contributed by atoms with E-state index < -0.39 is 0 Å². The van der Waals surface area contributed by atoms with Crippen LogP contribution in [0.5, 0.6) is 0 Å². The van der Waals surface area contributed by atoms with E-state index in [1.54, 1.807) is 0 Å². The molecule has 0 radical (unpaired) electrons. The van der Waals surface area contributed by atoms with Crippen LogP contribution in [0.2, 0.25) is 0 Å². The molecule has 1 saturated carbocycles. The van der Waals surface area contributed by atoms with Gasteiger partial charge in [-0.1, -0.05) is 60.2 Å². The smallest absolute Gasteiger partial charge is 0.237 e. The molecule has 1 aliphatic carbocycles. The third-order valence-corrected chi connectivity index (χ3v) is 4.28. The van der Waals surface area contributed by atoms with Gasteiger partial charge < -0.3 is 5.32 Å². The van der Waals surface area contributed by atoms with Crippen molar-refractivity contribution in [2.75, 3.05) is 0 Å². The fourth-order valence-corrected chi connectivity index (χ4v) is 2.67. The van der Waals surface area contributed by atoms with E-state index in [0.29, 0.717) is 6.04 Å². The molecule has 120 valence electrons. The van der Waals surface area contributed by atoms with Gasteiger partial charge in [-0.3, -0.25) is 10.1 Å². The molecule has 1 aliphatic rings. The zero-order chi connectivity index (χ0) is 16.2. The van der Waals surface area contributed by atoms with Gasteiger partial charge >= 0.3 is 0 Å². The standard InChI is InChI=1S/C20H24N2O/c1-14-8-10-17(11-9-14)19(16-6-4-3-5-7-16)21-15(2)20(23)22-18-12-13-18/h3-11,15,18-19,21H,12-13H2,1-2H3,(H,22,23)/t15-,19+/m0/s1. The lowest BCUT2D eigenvalue weighted by Crippen LogP contribution is -2.44. The summed E-state index contributed by atoms with van der Waals surface area (Å²) in [6.07, 6.45) is 2.22. The number of carbonyl (C=O) groups is 1. The van der Waals surface area contributed by atoms with Crippen molar-refractivity contribution in [3.63, 3.8) is 0 Å². The molecule has 1 amide bonds. The van der Waals surface area contributed by atoms with E-state index in [2.05, 4.69) is 54.0 Å². The Bertz CT molecular complexity index is 647. The third kappa shape index (κ3) is 4.20. The molecular weight excluding hydrogens is 284 g/mol. The highest BCUT2D eigenvalue weighted by atomic mass is 16.2. The van der Waals surface area contributed by atoms with Crippen LogP contribution in [0.15, 0.2) is 54.6 Å². The summed E-state index contributed by atoms with van der Waals surface area (Å²) in [7, 11) is 0. The largest absolute Gasteiger partial charge is 0.352 e. The van der Waals surface area contributed by atoms with Crippen molar-refractivity contribution in [3.8, 4) is 0 Å². The van der Waals surface area contributed by atoms with E-state index in [1.807, 2.05) is 25.1 Å². The number of benzene rings is 2. The Morgan fingerprint density at radius 2 is 1.61 bits per heavy atom. The van der Waals surface area contributed by atoms with Crippen LogP contribution < -0.4 is 10.6 Å². The fourth-order valence-electron chi connectivity index (χ4n) is 2.67. The van der Waals surface area contributed by atoms with Gasteiger partial charge in [-0.05, 0) is 37.8 Å². The molecule has 1 fully saturated rings. The molecule has 0 spiro atoms. The van der Waals surface area contributed by atoms with Gasteiger partial charge in [-0.25, -0.2) is 0 Å². The molecule has 3 rings (SSSR count). The average Bonchev–Trinajstić information content (AvgIpc) is 3.38. The second-order valence-electron chi connectivity index (χ2n) is 6.43. The molecule has 2 atom stereocenters. The van der Waals surface area contributed by atoms with Crippen molar-refractivity contribution in [2.45, 2.75) is 44.8 Å². The van der Waals surface area contributed by atoms with Crippen molar-refractivity contribution < 1.29 is 4.79 Å². The number of hydrogen-bond donors (Lipinski definition) is 2. The number of aryl methyl sites for hydroxylation is 1. The Kier molecular flexibility index (Phi) is 4.77. The Hall–Kier alpha value is -2.13. The van der Waals surface area contributed by atoms with Crippen molar-refractivity contribution >= 4 is 5.91 Å². The van der Waals surface area contributed by atoms with Crippen LogP contribution >= 0.6 is 0 Å². The summed E-state index contributed by atoms with van der Waals surface area (Å²) in [4.78, 5) is 12.3. The first-order valence-corrected chi connectivity index (χ1v) is 8.31. The minimum atomic E-state index is -0.234. The van der Waals surface area contributed by atoms with Crippen molar-refractivity contribution in [2.24, 2.45) is 0 Å². The highest BCUT2D eigenvalue weighted by Gasteiger charge is 2.27. The predicted octanol–water partition coefficient (Wildman–Crippen LogP) is 3.34. The number of rotatable bonds is 6. The van der Waals surface area contributed by atoms with Crippen LogP contribution in [-0.4, -0.2) is 18.0 Å². The number of nitrogens with one attached hydrogen (secondary N) is 2. The number of amides is 1. The highest BCUT2D eigenvalue weighted by molar-refractivity contribution is 5.82. The van der Waals surface area contributed by atoms with Gasteiger partial charge in [0.15, 0.2) is 0 Å². The maximum atomic E-state index is 12.3. The van der Waals surface area contributed by atoms with Gasteiger partial charge in [0.05, 0.1) is 12.1 Å². The molecule has 3 nitrogen and oxygen atoms in total. The molecule has 0 bridgehead atoms. The van der Waals surface area contributed by atoms with Crippen LogP contribution in [0.3, 0.4) is 0 Å². The molecule has 0 aliphatic heterocycles. The van der Waals surface area contributed by atoms with Gasteiger partial charge in [0.2, 0.25) is 5.91 Å². The van der Waals surface area contributed by atoms with E-state index in [9.17, 15) is 4.79 Å². The van der Waals surface area contributed by atoms with Gasteiger partial charge in [0.1, 0.15) is 0 Å². The van der Waals surface area contributed by atoms with E-state index in [1.165, 1.54) is 16.7 Å². The Morgan fingerprint density at radius 3 is 2.22 bits per heavy atom. The van der Waals surface area contributed by atoms with E-state index >= 15 is 0 Å². The topological polar surface area (TPSA) is 41.1 Å². The molecular formula is C20H24N2O. The highest BCUT2D eigenvalue weighted by Crippen LogP contribution is 2.23. The van der Waals surface area contributed by atoms with Crippen LogP contribution in [0.25, 0.3) is 0 Å². The summed E-state index contributed by atoms with van der Waals surface area (Å²) < 4.78 is 0. The van der Waals surface area contributed by atoms with Crippen LogP contribution in [0.4, 0.5) is 0 Å². The van der Waals surface area contributed by atoms with Crippen molar-refractivity contribution in [1.29, 1.82) is 0 Å². The Labute approximate surface area is 138 Å². The summed E-state index contributed by atoms with van der Waals surface area (Å²) in [6, 6.07) is 18.9. The number of hydrogen-bond acceptors (Lipinski definition) is 2. The minimum Gasteiger partial charge on any atom is -0.352 e. The minimum absolute atomic E-state index is 0.0109. The normalized spacial score (nSPS) is 16.6. The quantitative estimate of drug-likeness (QED) is 0.859. The summed E-state index contributed by atoms with van der Waals surface area (Å²) in [5.41, 5.74) is 3.58. The summed E-state index contributed by atoms with van der Waals surface area (Å²) in [6.45, 7) is 4.02. The fraction of sp³-hybridized carbons (Fsp3) is 0.350. The lowest BCUT2D eigenvalue weighted by Gasteiger charge is -2.24. The monoisotopic (exact) mass is 308 g/mol. The van der Waals surface area contributed by atoms with E-state index in [-0.39, 0.29) is 18.0 Å². The lowest BCUT2D eigenvalue weighted by atomic mass is 9.97.